The molecule has 0 bridgehead atoms. The number of piperazine rings is 1. The van der Waals surface area contributed by atoms with Gasteiger partial charge in [-0.2, -0.15) is 0 Å². The Kier molecular flexibility index (Phi) is 6.03. The molecule has 3 heterocycles. The summed E-state index contributed by atoms with van der Waals surface area (Å²) in [5.41, 5.74) is 3.24. The molecule has 33 heavy (non-hydrogen) atoms. The van der Waals surface area contributed by atoms with Gasteiger partial charge in [0.2, 0.25) is 0 Å². The van der Waals surface area contributed by atoms with E-state index in [0.717, 1.165) is 29.9 Å². The molecule has 164 valence electrons. The minimum absolute atomic E-state index is 0.0357. The smallest absolute Gasteiger partial charge is 0.258 e. The Morgan fingerprint density at radius 2 is 1.64 bits per heavy atom. The van der Waals surface area contributed by atoms with Crippen LogP contribution >= 0.6 is 11.3 Å². The van der Waals surface area contributed by atoms with E-state index in [1.807, 2.05) is 64.9 Å². The lowest BCUT2D eigenvalue weighted by atomic mass is 10.1. The first kappa shape index (κ1) is 21.1. The Morgan fingerprint density at radius 3 is 2.36 bits per heavy atom. The number of nitrogens with zero attached hydrogens (tertiary/aromatic N) is 4. The maximum atomic E-state index is 12.9. The molecule has 7 heteroatoms. The zero-order valence-corrected chi connectivity index (χ0v) is 18.8. The van der Waals surface area contributed by atoms with Gasteiger partial charge in [-0.3, -0.25) is 18.9 Å². The molecule has 1 aliphatic rings. The average Bonchev–Trinajstić information content (AvgIpc) is 3.33. The van der Waals surface area contributed by atoms with E-state index < -0.39 is 0 Å². The topological polar surface area (TPSA) is 57.9 Å². The Morgan fingerprint density at radius 1 is 0.939 bits per heavy atom. The third-order valence-corrected chi connectivity index (χ3v) is 6.41. The lowest BCUT2D eigenvalue weighted by Crippen LogP contribution is -2.48. The van der Waals surface area contributed by atoms with Crippen molar-refractivity contribution in [2.75, 3.05) is 26.2 Å². The van der Waals surface area contributed by atoms with E-state index in [1.54, 1.807) is 16.7 Å². The van der Waals surface area contributed by atoms with Crippen molar-refractivity contribution in [1.82, 2.24) is 19.2 Å². The van der Waals surface area contributed by atoms with Crippen LogP contribution in [0.5, 0.6) is 0 Å². The first-order valence-corrected chi connectivity index (χ1v) is 11.7. The third kappa shape index (κ3) is 4.87. The van der Waals surface area contributed by atoms with Crippen LogP contribution in [0.1, 0.15) is 27.2 Å². The molecule has 2 aromatic carbocycles. The van der Waals surface area contributed by atoms with Crippen LogP contribution in [0.4, 0.5) is 0 Å². The maximum absolute atomic E-state index is 12.9. The minimum Gasteiger partial charge on any atom is -0.336 e. The number of rotatable bonds is 3. The third-order valence-electron chi connectivity index (χ3n) is 5.66. The summed E-state index contributed by atoms with van der Waals surface area (Å²) in [4.78, 5) is 34.5. The lowest BCUT2D eigenvalue weighted by molar-refractivity contribution is 0.0627. The van der Waals surface area contributed by atoms with Gasteiger partial charge >= 0.3 is 0 Å². The molecule has 4 aromatic rings. The van der Waals surface area contributed by atoms with Gasteiger partial charge in [0.1, 0.15) is 0 Å². The van der Waals surface area contributed by atoms with Gasteiger partial charge in [0.25, 0.3) is 11.5 Å². The minimum atomic E-state index is -0.0537. The predicted octanol–water partition coefficient (Wildman–Crippen LogP) is 3.11. The van der Waals surface area contributed by atoms with Crippen molar-refractivity contribution < 1.29 is 4.79 Å². The van der Waals surface area contributed by atoms with Crippen LogP contribution < -0.4 is 5.56 Å². The van der Waals surface area contributed by atoms with Gasteiger partial charge in [-0.05, 0) is 36.4 Å². The highest BCUT2D eigenvalue weighted by Gasteiger charge is 2.22. The lowest BCUT2D eigenvalue weighted by Gasteiger charge is -2.34. The first-order chi connectivity index (χ1) is 16.2. The second kappa shape index (κ2) is 9.41. The van der Waals surface area contributed by atoms with E-state index in [0.29, 0.717) is 30.2 Å². The fourth-order valence-electron chi connectivity index (χ4n) is 3.85. The number of thiazole rings is 1. The van der Waals surface area contributed by atoms with E-state index in [-0.39, 0.29) is 11.5 Å². The molecule has 1 fully saturated rings. The standard InChI is InChI=1S/C26H22N4O2S/c31-24-18-23(27-26-30(24)16-17-33-26)19-28-12-14-29(15-13-28)25(32)22-10-8-21(9-11-22)7-6-20-4-2-1-3-5-20/h1-5,8-11,16-18H,12-15,19H2. The summed E-state index contributed by atoms with van der Waals surface area (Å²) in [7, 11) is 0. The van der Waals surface area contributed by atoms with Crippen molar-refractivity contribution in [3.63, 3.8) is 0 Å². The quantitative estimate of drug-likeness (QED) is 0.447. The Hall–Kier alpha value is -3.73. The number of aromatic nitrogens is 2. The summed E-state index contributed by atoms with van der Waals surface area (Å²) in [6.45, 7) is 3.40. The summed E-state index contributed by atoms with van der Waals surface area (Å²) in [5, 5.41) is 1.86. The van der Waals surface area contributed by atoms with Crippen molar-refractivity contribution in [2.24, 2.45) is 0 Å². The van der Waals surface area contributed by atoms with E-state index in [2.05, 4.69) is 21.7 Å². The number of hydrogen-bond donors (Lipinski definition) is 0. The molecule has 0 radical (unpaired) electrons. The molecule has 0 atom stereocenters. The molecule has 0 saturated carbocycles. The largest absolute Gasteiger partial charge is 0.336 e. The number of hydrogen-bond acceptors (Lipinski definition) is 5. The van der Waals surface area contributed by atoms with Crippen LogP contribution in [0.25, 0.3) is 4.96 Å². The van der Waals surface area contributed by atoms with Gasteiger partial charge in [-0.25, -0.2) is 4.98 Å². The number of carbonyl (C=O) groups excluding carboxylic acids is 1. The Balaban J connectivity index is 1.18. The number of carbonyl (C=O) groups is 1. The van der Waals surface area contributed by atoms with Crippen LogP contribution in [0.3, 0.4) is 0 Å². The van der Waals surface area contributed by atoms with E-state index in [1.165, 1.54) is 11.3 Å². The van der Waals surface area contributed by atoms with Gasteiger partial charge in [-0.1, -0.05) is 30.0 Å². The second-order valence-corrected chi connectivity index (χ2v) is 8.78. The molecule has 0 unspecified atom stereocenters. The maximum Gasteiger partial charge on any atom is 0.258 e. The predicted molar refractivity (Wildman–Crippen MR) is 129 cm³/mol. The second-order valence-electron chi connectivity index (χ2n) is 7.90. The number of benzene rings is 2. The molecule has 5 rings (SSSR count). The Labute approximate surface area is 195 Å². The van der Waals surface area contributed by atoms with Crippen molar-refractivity contribution in [2.45, 2.75) is 6.54 Å². The number of fused-ring (bicyclic) bond motifs is 1. The van der Waals surface area contributed by atoms with E-state index in [4.69, 9.17) is 0 Å². The molecular weight excluding hydrogens is 432 g/mol. The van der Waals surface area contributed by atoms with Crippen LogP contribution in [0, 0.1) is 11.8 Å². The zero-order chi connectivity index (χ0) is 22.6. The van der Waals surface area contributed by atoms with Gasteiger partial charge in [-0.15, -0.1) is 11.3 Å². The zero-order valence-electron chi connectivity index (χ0n) is 18.0. The molecule has 1 saturated heterocycles. The molecule has 0 spiro atoms. The van der Waals surface area contributed by atoms with Crippen LogP contribution in [0.15, 0.2) is 77.0 Å². The SMILES string of the molecule is O=C(c1ccc(C#Cc2ccccc2)cc1)N1CCN(Cc2cc(=O)n3ccsc3n2)CC1. The van der Waals surface area contributed by atoms with Crippen LogP contribution in [-0.4, -0.2) is 51.3 Å². The highest BCUT2D eigenvalue weighted by molar-refractivity contribution is 7.15. The van der Waals surface area contributed by atoms with Crippen molar-refractivity contribution in [1.29, 1.82) is 0 Å². The van der Waals surface area contributed by atoms with Crippen molar-refractivity contribution in [3.05, 3.63) is 105 Å². The summed E-state index contributed by atoms with van der Waals surface area (Å²) in [5.74, 6) is 6.31. The monoisotopic (exact) mass is 454 g/mol. The van der Waals surface area contributed by atoms with E-state index >= 15 is 0 Å². The summed E-state index contributed by atoms with van der Waals surface area (Å²) in [6, 6.07) is 18.9. The molecular formula is C26H22N4O2S. The van der Waals surface area contributed by atoms with Crippen LogP contribution in [-0.2, 0) is 6.54 Å². The Bertz CT molecular complexity index is 1390. The van der Waals surface area contributed by atoms with Crippen molar-refractivity contribution in [3.8, 4) is 11.8 Å². The molecule has 0 N–H and O–H groups in total. The summed E-state index contributed by atoms with van der Waals surface area (Å²) >= 11 is 1.45. The molecule has 1 aliphatic heterocycles. The fraction of sp³-hybridized carbons (Fsp3) is 0.192. The van der Waals surface area contributed by atoms with Gasteiger partial charge in [0.15, 0.2) is 4.96 Å². The van der Waals surface area contributed by atoms with Gasteiger partial charge < -0.3 is 4.90 Å². The normalized spacial score (nSPS) is 14.1. The highest BCUT2D eigenvalue weighted by Crippen LogP contribution is 2.13. The van der Waals surface area contributed by atoms with E-state index in [9.17, 15) is 9.59 Å². The molecule has 6 nitrogen and oxygen atoms in total. The summed E-state index contributed by atoms with van der Waals surface area (Å²) in [6.07, 6.45) is 1.74. The molecule has 1 amide bonds. The fourth-order valence-corrected chi connectivity index (χ4v) is 4.59. The highest BCUT2D eigenvalue weighted by atomic mass is 32.1. The van der Waals surface area contributed by atoms with Gasteiger partial charge in [0.05, 0.1) is 5.69 Å². The van der Waals surface area contributed by atoms with Crippen molar-refractivity contribution >= 4 is 22.2 Å². The number of amides is 1. The van der Waals surface area contributed by atoms with Gasteiger partial charge in [0, 0.05) is 67.1 Å². The molecule has 0 aliphatic carbocycles. The van der Waals surface area contributed by atoms with Crippen LogP contribution in [0.2, 0.25) is 0 Å². The first-order valence-electron chi connectivity index (χ1n) is 10.8. The average molecular weight is 455 g/mol. The summed E-state index contributed by atoms with van der Waals surface area (Å²) < 4.78 is 1.56. The molecule has 2 aromatic heterocycles.